The van der Waals surface area contributed by atoms with E-state index in [1.807, 2.05) is 13.8 Å². The molecule has 0 spiro atoms. The fraction of sp³-hybridized carbons (Fsp3) is 0.565. The molecule has 1 saturated heterocycles. The Balaban J connectivity index is 1.72. The Hall–Kier alpha value is -1.98. The number of anilines is 1. The maximum atomic E-state index is 13.0. The zero-order valence-electron chi connectivity index (χ0n) is 21.2. The summed E-state index contributed by atoms with van der Waals surface area (Å²) >= 11 is 1.25. The Bertz CT molecular complexity index is 1210. The van der Waals surface area contributed by atoms with Crippen LogP contribution in [0, 0.1) is 0 Å². The molecule has 1 N–H and O–H groups in total. The number of amides is 1. The second-order valence-corrected chi connectivity index (χ2v) is 14.5. The standard InChI is InChI=1S/C23H34N3O7PS2/c1-6-31-34(4,28)14-18-15-35-23(24-18)25-22(27)17-11-20(32-16(2)3)13-21(12-17)33-19-7-9-26(10-8-19)36(5,29)30/h11-13,15-16,19H,6-10,14H2,1-5H3,(H,24,25,27). The summed E-state index contributed by atoms with van der Waals surface area (Å²) in [4.78, 5) is 17.4. The predicted molar refractivity (Wildman–Crippen MR) is 141 cm³/mol. The van der Waals surface area contributed by atoms with Gasteiger partial charge in [-0.3, -0.25) is 14.7 Å². The molecule has 36 heavy (non-hydrogen) atoms. The molecule has 3 rings (SSSR count). The van der Waals surface area contributed by atoms with Crippen molar-refractivity contribution in [2.45, 2.75) is 52.0 Å². The van der Waals surface area contributed by atoms with Crippen LogP contribution >= 0.6 is 18.7 Å². The number of piperidine rings is 1. The number of benzene rings is 1. The van der Waals surface area contributed by atoms with Crippen molar-refractivity contribution in [1.29, 1.82) is 0 Å². The third-order valence-electron chi connectivity index (χ3n) is 5.31. The van der Waals surface area contributed by atoms with Gasteiger partial charge < -0.3 is 14.0 Å². The van der Waals surface area contributed by atoms with E-state index in [0.717, 1.165) is 0 Å². The minimum Gasteiger partial charge on any atom is -0.491 e. The van der Waals surface area contributed by atoms with Gasteiger partial charge in [0.05, 0.1) is 30.8 Å². The Labute approximate surface area is 216 Å². The Morgan fingerprint density at radius 3 is 2.53 bits per heavy atom. The highest BCUT2D eigenvalue weighted by atomic mass is 32.2. The third-order valence-corrected chi connectivity index (χ3v) is 9.12. The van der Waals surface area contributed by atoms with Crippen LogP contribution in [0.4, 0.5) is 5.13 Å². The molecular weight excluding hydrogens is 525 g/mol. The number of hydrogen-bond acceptors (Lipinski definition) is 9. The first-order valence-corrected chi connectivity index (χ1v) is 16.7. The average molecular weight is 560 g/mol. The first-order valence-electron chi connectivity index (χ1n) is 11.7. The molecule has 10 nitrogen and oxygen atoms in total. The smallest absolute Gasteiger partial charge is 0.257 e. The third kappa shape index (κ3) is 8.55. The van der Waals surface area contributed by atoms with Crippen molar-refractivity contribution in [3.63, 3.8) is 0 Å². The molecule has 2 aromatic rings. The van der Waals surface area contributed by atoms with Gasteiger partial charge in [-0.15, -0.1) is 11.3 Å². The molecule has 2 heterocycles. The number of rotatable bonds is 11. The SMILES string of the molecule is CCOP(C)(=O)Cc1csc(NC(=O)c2cc(OC(C)C)cc(OC3CCN(S(C)(=O)=O)CC3)c2)n1. The van der Waals surface area contributed by atoms with Crippen LogP contribution in [0.15, 0.2) is 23.6 Å². The minimum absolute atomic E-state index is 0.106. The Morgan fingerprint density at radius 2 is 1.92 bits per heavy atom. The van der Waals surface area contributed by atoms with E-state index in [1.54, 1.807) is 37.2 Å². The van der Waals surface area contributed by atoms with Gasteiger partial charge in [0.15, 0.2) is 5.13 Å². The van der Waals surface area contributed by atoms with Crippen LogP contribution < -0.4 is 14.8 Å². The summed E-state index contributed by atoms with van der Waals surface area (Å²) in [6.45, 7) is 8.27. The van der Waals surface area contributed by atoms with Gasteiger partial charge in [0.1, 0.15) is 17.6 Å². The van der Waals surface area contributed by atoms with Gasteiger partial charge in [-0.2, -0.15) is 0 Å². The second kappa shape index (κ2) is 12.0. The fourth-order valence-corrected chi connectivity index (χ4v) is 6.90. The topological polar surface area (TPSA) is 124 Å². The predicted octanol–water partition coefficient (Wildman–Crippen LogP) is 4.43. The average Bonchev–Trinajstić information content (AvgIpc) is 3.18. The van der Waals surface area contributed by atoms with Gasteiger partial charge in [-0.1, -0.05) is 0 Å². The number of nitrogens with one attached hydrogen (secondary N) is 1. The van der Waals surface area contributed by atoms with E-state index in [4.69, 9.17) is 14.0 Å². The first-order chi connectivity index (χ1) is 16.8. The molecule has 1 unspecified atom stereocenters. The van der Waals surface area contributed by atoms with Crippen LogP contribution in [0.3, 0.4) is 0 Å². The molecule has 1 atom stereocenters. The van der Waals surface area contributed by atoms with Crippen molar-refractivity contribution in [3.05, 3.63) is 34.8 Å². The number of hydrogen-bond donors (Lipinski definition) is 1. The van der Waals surface area contributed by atoms with Crippen LogP contribution in [0.2, 0.25) is 0 Å². The van der Waals surface area contributed by atoms with E-state index in [2.05, 4.69) is 10.3 Å². The molecule has 0 bridgehead atoms. The molecule has 1 aliphatic heterocycles. The summed E-state index contributed by atoms with van der Waals surface area (Å²) in [5.41, 5.74) is 0.930. The molecular formula is C23H34N3O7PS2. The molecule has 1 aromatic heterocycles. The molecule has 1 aliphatic rings. The van der Waals surface area contributed by atoms with Gasteiger partial charge in [0.25, 0.3) is 5.91 Å². The van der Waals surface area contributed by atoms with Gasteiger partial charge in [0, 0.05) is 36.8 Å². The first kappa shape index (κ1) is 28.6. The van der Waals surface area contributed by atoms with Crippen molar-refractivity contribution in [1.82, 2.24) is 9.29 Å². The molecule has 0 aliphatic carbocycles. The monoisotopic (exact) mass is 559 g/mol. The lowest BCUT2D eigenvalue weighted by atomic mass is 10.1. The van der Waals surface area contributed by atoms with E-state index in [1.165, 1.54) is 21.9 Å². The summed E-state index contributed by atoms with van der Waals surface area (Å²) in [5.74, 6) is 0.579. The van der Waals surface area contributed by atoms with Crippen molar-refractivity contribution >= 4 is 39.8 Å². The Morgan fingerprint density at radius 1 is 1.25 bits per heavy atom. The molecule has 0 saturated carbocycles. The lowest BCUT2D eigenvalue weighted by Gasteiger charge is -2.30. The number of carbonyl (C=O) groups is 1. The van der Waals surface area contributed by atoms with Crippen LogP contribution in [-0.4, -0.2) is 68.4 Å². The maximum absolute atomic E-state index is 13.0. The molecule has 1 amide bonds. The van der Waals surface area contributed by atoms with Gasteiger partial charge in [0.2, 0.25) is 17.4 Å². The Kier molecular flexibility index (Phi) is 9.56. The number of nitrogens with zero attached hydrogens (tertiary/aromatic N) is 2. The largest absolute Gasteiger partial charge is 0.491 e. The van der Waals surface area contributed by atoms with Crippen LogP contribution in [0.5, 0.6) is 11.5 Å². The van der Waals surface area contributed by atoms with Crippen molar-refractivity contribution < 1.29 is 31.8 Å². The molecule has 1 fully saturated rings. The fourth-order valence-electron chi connectivity index (χ4n) is 3.80. The van der Waals surface area contributed by atoms with E-state index in [0.29, 0.717) is 60.4 Å². The van der Waals surface area contributed by atoms with Crippen LogP contribution in [0.25, 0.3) is 0 Å². The number of sulfonamides is 1. The maximum Gasteiger partial charge on any atom is 0.257 e. The number of carbonyl (C=O) groups excluding carboxylic acids is 1. The second-order valence-electron chi connectivity index (χ2n) is 9.03. The highest BCUT2D eigenvalue weighted by molar-refractivity contribution is 7.88. The molecule has 13 heteroatoms. The van der Waals surface area contributed by atoms with Crippen LogP contribution in [-0.2, 0) is 25.3 Å². The number of aromatic nitrogens is 1. The van der Waals surface area contributed by atoms with Crippen molar-refractivity contribution in [3.8, 4) is 11.5 Å². The van der Waals surface area contributed by atoms with Crippen molar-refractivity contribution in [2.24, 2.45) is 0 Å². The molecule has 200 valence electrons. The highest BCUT2D eigenvalue weighted by Gasteiger charge is 2.26. The zero-order valence-corrected chi connectivity index (χ0v) is 23.8. The lowest BCUT2D eigenvalue weighted by molar-refractivity contribution is 0.102. The molecule has 0 radical (unpaired) electrons. The normalized spacial score (nSPS) is 17.1. The number of thiazole rings is 1. The van der Waals surface area contributed by atoms with Crippen molar-refractivity contribution in [2.75, 3.05) is 37.9 Å². The summed E-state index contributed by atoms with van der Waals surface area (Å²) in [5, 5.41) is 4.92. The molecule has 1 aromatic carbocycles. The summed E-state index contributed by atoms with van der Waals surface area (Å²) in [6, 6.07) is 5.00. The minimum atomic E-state index is -3.22. The van der Waals surface area contributed by atoms with Gasteiger partial charge in [-0.05, 0) is 45.7 Å². The lowest BCUT2D eigenvalue weighted by Crippen LogP contribution is -2.41. The number of ether oxygens (including phenoxy) is 2. The van der Waals surface area contributed by atoms with Crippen LogP contribution in [0.1, 0.15) is 49.7 Å². The van der Waals surface area contributed by atoms with Gasteiger partial charge >= 0.3 is 0 Å². The summed E-state index contributed by atoms with van der Waals surface area (Å²) in [7, 11) is -6.01. The van der Waals surface area contributed by atoms with E-state index >= 15 is 0 Å². The zero-order chi connectivity index (χ0) is 26.5. The highest BCUT2D eigenvalue weighted by Crippen LogP contribution is 2.46. The van der Waals surface area contributed by atoms with E-state index in [-0.39, 0.29) is 24.3 Å². The van der Waals surface area contributed by atoms with E-state index in [9.17, 15) is 17.8 Å². The summed E-state index contributed by atoms with van der Waals surface area (Å²) in [6.07, 6.45) is 2.22. The van der Waals surface area contributed by atoms with E-state index < -0.39 is 17.4 Å². The van der Waals surface area contributed by atoms with Gasteiger partial charge in [-0.25, -0.2) is 17.7 Å². The quantitative estimate of drug-likeness (QED) is 0.401. The summed E-state index contributed by atoms with van der Waals surface area (Å²) < 4.78 is 54.7.